The third-order valence-corrected chi connectivity index (χ3v) is 5.25. The number of aliphatic hydroxyl groups excluding tert-OH is 2. The van der Waals surface area contributed by atoms with Crippen molar-refractivity contribution in [2.75, 3.05) is 26.0 Å². The molecule has 0 aliphatic heterocycles. The molecular formula is C14H24N2O3S2. The lowest BCUT2D eigenvalue weighted by Gasteiger charge is -2.22. The fourth-order valence-corrected chi connectivity index (χ4v) is 3.89. The van der Waals surface area contributed by atoms with Crippen LogP contribution in [-0.4, -0.2) is 45.9 Å². The maximum absolute atomic E-state index is 9.12. The second kappa shape index (κ2) is 9.53. The van der Waals surface area contributed by atoms with Crippen molar-refractivity contribution in [2.24, 2.45) is 0 Å². The zero-order valence-electron chi connectivity index (χ0n) is 12.8. The number of hydrogen-bond acceptors (Lipinski definition) is 7. The van der Waals surface area contributed by atoms with E-state index in [1.807, 2.05) is 10.8 Å². The Morgan fingerprint density at radius 3 is 2.38 bits per heavy atom. The van der Waals surface area contributed by atoms with Crippen LogP contribution in [-0.2, 0) is 13.2 Å². The van der Waals surface area contributed by atoms with Gasteiger partial charge in [-0.15, -0.1) is 0 Å². The normalized spacial score (nSPS) is 11.7. The molecule has 0 unspecified atom stereocenters. The molecule has 7 heteroatoms. The number of hydrogen-bond donors (Lipinski definition) is 3. The summed E-state index contributed by atoms with van der Waals surface area (Å²) in [7, 11) is 3.62. The fourth-order valence-electron chi connectivity index (χ4n) is 1.75. The van der Waals surface area contributed by atoms with Gasteiger partial charge in [-0.1, -0.05) is 21.6 Å². The Morgan fingerprint density at radius 1 is 1.24 bits per heavy atom. The number of aliphatic hydroxyl groups is 2. The number of aromatic nitrogens is 1. The molecule has 1 rings (SSSR count). The van der Waals surface area contributed by atoms with E-state index in [9.17, 15) is 0 Å². The first-order valence-corrected chi connectivity index (χ1v) is 9.33. The first-order valence-electron chi connectivity index (χ1n) is 6.77. The van der Waals surface area contributed by atoms with E-state index in [0.29, 0.717) is 23.7 Å². The summed E-state index contributed by atoms with van der Waals surface area (Å²) in [6.07, 6.45) is 2.08. The van der Waals surface area contributed by atoms with Gasteiger partial charge in [-0.05, 0) is 20.1 Å². The van der Waals surface area contributed by atoms with Crippen LogP contribution in [0.25, 0.3) is 0 Å². The molecule has 3 N–H and O–H groups in total. The molecule has 1 aromatic heterocycles. The average Bonchev–Trinajstić information content (AvgIpc) is 2.46. The van der Waals surface area contributed by atoms with E-state index in [1.54, 1.807) is 22.9 Å². The standard InChI is InChI=1S/C14H24N2O3S2/c1-14(2,21-20-3)10-15-4-5-19-13-6-11(8-17)16-12(7-13)9-18/h6-7,15,17-18H,4-5,8-10H2,1-3H3. The van der Waals surface area contributed by atoms with Crippen LogP contribution in [0.15, 0.2) is 12.1 Å². The van der Waals surface area contributed by atoms with Crippen LogP contribution < -0.4 is 10.1 Å². The van der Waals surface area contributed by atoms with E-state index in [1.165, 1.54) is 0 Å². The molecular weight excluding hydrogens is 308 g/mol. The number of nitrogens with one attached hydrogen (secondary N) is 1. The molecule has 5 nitrogen and oxygen atoms in total. The molecule has 0 saturated carbocycles. The first-order chi connectivity index (χ1) is 10.0. The van der Waals surface area contributed by atoms with Gasteiger partial charge in [-0.2, -0.15) is 0 Å². The minimum absolute atomic E-state index is 0.164. The van der Waals surface area contributed by atoms with Crippen LogP contribution in [0.2, 0.25) is 0 Å². The Morgan fingerprint density at radius 2 is 1.86 bits per heavy atom. The van der Waals surface area contributed by atoms with Crippen LogP contribution in [0, 0.1) is 0 Å². The summed E-state index contributed by atoms with van der Waals surface area (Å²) in [5.41, 5.74) is 1.00. The van der Waals surface area contributed by atoms with E-state index < -0.39 is 0 Å². The Kier molecular flexibility index (Phi) is 8.43. The van der Waals surface area contributed by atoms with Crippen LogP contribution in [0.5, 0.6) is 5.75 Å². The fraction of sp³-hybridized carbons (Fsp3) is 0.643. The first kappa shape index (κ1) is 18.6. The van der Waals surface area contributed by atoms with Gasteiger partial charge in [0, 0.05) is 30.0 Å². The van der Waals surface area contributed by atoms with Gasteiger partial charge in [-0.25, -0.2) is 0 Å². The number of ether oxygens (including phenoxy) is 1. The second-order valence-electron chi connectivity index (χ2n) is 5.14. The second-order valence-corrected chi connectivity index (χ2v) is 8.24. The van der Waals surface area contributed by atoms with E-state index in [-0.39, 0.29) is 18.0 Å². The Labute approximate surface area is 134 Å². The highest BCUT2D eigenvalue weighted by molar-refractivity contribution is 8.76. The van der Waals surface area contributed by atoms with E-state index in [2.05, 4.69) is 30.4 Å². The van der Waals surface area contributed by atoms with E-state index in [0.717, 1.165) is 13.1 Å². The van der Waals surface area contributed by atoms with Crippen molar-refractivity contribution >= 4 is 21.6 Å². The van der Waals surface area contributed by atoms with Crippen molar-refractivity contribution < 1.29 is 14.9 Å². The SMILES string of the molecule is CSSC(C)(C)CNCCOc1cc(CO)nc(CO)c1. The van der Waals surface area contributed by atoms with E-state index in [4.69, 9.17) is 14.9 Å². The smallest absolute Gasteiger partial charge is 0.123 e. The van der Waals surface area contributed by atoms with Crippen LogP contribution in [0.4, 0.5) is 0 Å². The maximum atomic E-state index is 9.12. The molecule has 120 valence electrons. The maximum Gasteiger partial charge on any atom is 0.123 e. The third kappa shape index (κ3) is 7.37. The molecule has 1 heterocycles. The van der Waals surface area contributed by atoms with Gasteiger partial charge in [0.15, 0.2) is 0 Å². The highest BCUT2D eigenvalue weighted by Gasteiger charge is 2.17. The molecule has 0 aromatic carbocycles. The molecule has 0 aliphatic rings. The zero-order valence-corrected chi connectivity index (χ0v) is 14.4. The minimum atomic E-state index is -0.164. The van der Waals surface area contributed by atoms with Gasteiger partial charge < -0.3 is 20.3 Å². The molecule has 0 saturated heterocycles. The van der Waals surface area contributed by atoms with Crippen LogP contribution >= 0.6 is 21.6 Å². The van der Waals surface area contributed by atoms with Crippen molar-refractivity contribution in [3.8, 4) is 5.75 Å². The number of pyridine rings is 1. The average molecular weight is 332 g/mol. The van der Waals surface area contributed by atoms with Crippen molar-refractivity contribution in [1.29, 1.82) is 0 Å². The Hall–Kier alpha value is -0.470. The summed E-state index contributed by atoms with van der Waals surface area (Å²) >= 11 is 0. The summed E-state index contributed by atoms with van der Waals surface area (Å²) < 4.78 is 5.81. The molecule has 0 atom stereocenters. The van der Waals surface area contributed by atoms with E-state index >= 15 is 0 Å². The number of nitrogens with zero attached hydrogens (tertiary/aromatic N) is 1. The quantitative estimate of drug-likeness (QED) is 0.446. The topological polar surface area (TPSA) is 74.6 Å². The van der Waals surface area contributed by atoms with Crippen LogP contribution in [0.1, 0.15) is 25.2 Å². The predicted octanol–water partition coefficient (Wildman–Crippen LogP) is 1.82. The summed E-state index contributed by atoms with van der Waals surface area (Å²) in [6.45, 7) is 6.24. The lowest BCUT2D eigenvalue weighted by atomic mass is 10.2. The summed E-state index contributed by atoms with van der Waals surface area (Å²) in [5.74, 6) is 0.623. The lowest BCUT2D eigenvalue weighted by Crippen LogP contribution is -2.34. The molecule has 0 amide bonds. The van der Waals surface area contributed by atoms with Crippen molar-refractivity contribution in [3.63, 3.8) is 0 Å². The minimum Gasteiger partial charge on any atom is -0.492 e. The molecule has 1 aromatic rings. The van der Waals surface area contributed by atoms with Gasteiger partial charge >= 0.3 is 0 Å². The van der Waals surface area contributed by atoms with Gasteiger partial charge in [0.05, 0.1) is 24.6 Å². The highest BCUT2D eigenvalue weighted by Crippen LogP contribution is 2.32. The molecule has 21 heavy (non-hydrogen) atoms. The summed E-state index contributed by atoms with van der Waals surface area (Å²) in [4.78, 5) is 4.07. The Balaban J connectivity index is 2.35. The largest absolute Gasteiger partial charge is 0.492 e. The van der Waals surface area contributed by atoms with Crippen molar-refractivity contribution in [1.82, 2.24) is 10.3 Å². The summed E-state index contributed by atoms with van der Waals surface area (Å²) in [6, 6.07) is 3.37. The summed E-state index contributed by atoms with van der Waals surface area (Å²) in [5, 5.41) is 21.6. The predicted molar refractivity (Wildman–Crippen MR) is 89.6 cm³/mol. The highest BCUT2D eigenvalue weighted by atomic mass is 33.1. The molecule has 0 fully saturated rings. The monoisotopic (exact) mass is 332 g/mol. The van der Waals surface area contributed by atoms with Crippen LogP contribution in [0.3, 0.4) is 0 Å². The van der Waals surface area contributed by atoms with Gasteiger partial charge in [-0.3, -0.25) is 4.98 Å². The van der Waals surface area contributed by atoms with Crippen molar-refractivity contribution in [2.45, 2.75) is 31.8 Å². The van der Waals surface area contributed by atoms with Gasteiger partial charge in [0.1, 0.15) is 12.4 Å². The third-order valence-electron chi connectivity index (χ3n) is 2.64. The Bertz CT molecular complexity index is 408. The molecule has 0 radical (unpaired) electrons. The molecule has 0 bridgehead atoms. The lowest BCUT2D eigenvalue weighted by molar-refractivity contribution is 0.261. The number of rotatable bonds is 10. The molecule has 0 aliphatic carbocycles. The van der Waals surface area contributed by atoms with Crippen molar-refractivity contribution in [3.05, 3.63) is 23.5 Å². The zero-order chi connectivity index (χ0) is 15.7. The van der Waals surface area contributed by atoms with Gasteiger partial charge in [0.25, 0.3) is 0 Å². The van der Waals surface area contributed by atoms with Gasteiger partial charge in [0.2, 0.25) is 0 Å². The molecule has 0 spiro atoms.